The van der Waals surface area contributed by atoms with Crippen molar-refractivity contribution in [3.05, 3.63) is 63.1 Å². The van der Waals surface area contributed by atoms with Crippen LogP contribution in [0, 0.1) is 5.41 Å². The monoisotopic (exact) mass is 309 g/mol. The van der Waals surface area contributed by atoms with E-state index in [0.717, 1.165) is 22.7 Å². The number of nitrogens with zero attached hydrogens (tertiary/aromatic N) is 1. The minimum Gasteiger partial charge on any atom is -0.343 e. The van der Waals surface area contributed by atoms with E-state index in [1.54, 1.807) is 4.68 Å². The fourth-order valence-corrected chi connectivity index (χ4v) is 3.78. The van der Waals surface area contributed by atoms with Crippen LogP contribution in [0.2, 0.25) is 0 Å². The SMILES string of the molecule is Cn1[nH]c(=O)c2c1NC1=C(C(=O)C(C)(C)C1)C2c1ccccc1. The number of fused-ring (bicyclic) bond motifs is 1. The zero-order valence-corrected chi connectivity index (χ0v) is 13.4. The molecule has 1 atom stereocenters. The van der Waals surface area contributed by atoms with Crippen molar-refractivity contribution in [2.75, 3.05) is 5.32 Å². The quantitative estimate of drug-likeness (QED) is 0.850. The molecule has 2 N–H and O–H groups in total. The summed E-state index contributed by atoms with van der Waals surface area (Å²) in [7, 11) is 1.81. The summed E-state index contributed by atoms with van der Waals surface area (Å²) in [6.07, 6.45) is 0.670. The number of ketones is 1. The number of H-pyrrole nitrogens is 1. The van der Waals surface area contributed by atoms with Gasteiger partial charge in [-0.15, -0.1) is 0 Å². The molecule has 0 fully saturated rings. The van der Waals surface area contributed by atoms with Crippen molar-refractivity contribution in [1.82, 2.24) is 9.78 Å². The molecular weight excluding hydrogens is 290 g/mol. The number of allylic oxidation sites excluding steroid dienone is 2. The Kier molecular flexibility index (Phi) is 2.73. The molecule has 2 heterocycles. The molecular formula is C18H19N3O2. The zero-order valence-electron chi connectivity index (χ0n) is 13.4. The fourth-order valence-electron chi connectivity index (χ4n) is 3.78. The van der Waals surface area contributed by atoms with E-state index in [1.807, 2.05) is 51.2 Å². The molecule has 5 nitrogen and oxygen atoms in total. The summed E-state index contributed by atoms with van der Waals surface area (Å²) < 4.78 is 1.70. The van der Waals surface area contributed by atoms with Crippen LogP contribution in [0.1, 0.15) is 37.3 Å². The molecule has 0 bridgehead atoms. The second-order valence-corrected chi connectivity index (χ2v) is 7.01. The standard InChI is InChI=1S/C18H19N3O2/c1-18(2)9-11-13(15(18)22)12(10-7-5-4-6-8-10)14-16(19-11)21(3)20-17(14)23/h4-8,12,19H,9H2,1-3H3,(H,20,23). The second kappa shape index (κ2) is 4.47. The molecule has 2 aromatic rings. The van der Waals surface area contributed by atoms with Crippen LogP contribution in [-0.4, -0.2) is 15.6 Å². The van der Waals surface area contributed by atoms with Gasteiger partial charge in [0.1, 0.15) is 5.82 Å². The van der Waals surface area contributed by atoms with Gasteiger partial charge in [0, 0.05) is 36.1 Å². The van der Waals surface area contributed by atoms with E-state index >= 15 is 0 Å². The van der Waals surface area contributed by atoms with Crippen molar-refractivity contribution in [2.45, 2.75) is 26.2 Å². The van der Waals surface area contributed by atoms with E-state index in [1.165, 1.54) is 0 Å². The number of nitrogens with one attached hydrogen (secondary N) is 2. The third-order valence-electron chi connectivity index (χ3n) is 4.89. The van der Waals surface area contributed by atoms with Crippen LogP contribution in [0.15, 0.2) is 46.4 Å². The number of Topliss-reactive ketones (excluding diaryl/α,β-unsaturated/α-hetero) is 1. The number of aromatic nitrogens is 2. The Balaban J connectivity index is 2.00. The van der Waals surface area contributed by atoms with Gasteiger partial charge in [0.25, 0.3) is 5.56 Å². The molecule has 2 aliphatic rings. The van der Waals surface area contributed by atoms with E-state index in [4.69, 9.17) is 0 Å². The van der Waals surface area contributed by atoms with Crippen LogP contribution in [0.25, 0.3) is 0 Å². The lowest BCUT2D eigenvalue weighted by Gasteiger charge is -2.25. The number of hydrogen-bond acceptors (Lipinski definition) is 3. The number of aromatic amines is 1. The Hall–Kier alpha value is -2.56. The smallest absolute Gasteiger partial charge is 0.270 e. The van der Waals surface area contributed by atoms with Gasteiger partial charge in [0.2, 0.25) is 0 Å². The highest BCUT2D eigenvalue weighted by atomic mass is 16.1. The molecule has 118 valence electrons. The van der Waals surface area contributed by atoms with Crippen molar-refractivity contribution in [3.8, 4) is 0 Å². The Morgan fingerprint density at radius 2 is 1.87 bits per heavy atom. The third-order valence-corrected chi connectivity index (χ3v) is 4.89. The number of carbonyl (C=O) groups excluding carboxylic acids is 1. The summed E-state index contributed by atoms with van der Waals surface area (Å²) in [5.74, 6) is 0.581. The normalized spacial score (nSPS) is 21.9. The number of anilines is 1. The van der Waals surface area contributed by atoms with Crippen LogP contribution < -0.4 is 10.9 Å². The molecule has 0 saturated carbocycles. The molecule has 1 aromatic heterocycles. The average molecular weight is 309 g/mol. The van der Waals surface area contributed by atoms with Crippen LogP contribution in [0.4, 0.5) is 5.82 Å². The second-order valence-electron chi connectivity index (χ2n) is 7.01. The first-order valence-corrected chi connectivity index (χ1v) is 7.79. The Morgan fingerprint density at radius 1 is 1.17 bits per heavy atom. The van der Waals surface area contributed by atoms with E-state index in [-0.39, 0.29) is 17.3 Å². The minimum atomic E-state index is -0.431. The van der Waals surface area contributed by atoms with Gasteiger partial charge in [-0.3, -0.25) is 19.4 Å². The van der Waals surface area contributed by atoms with E-state index in [9.17, 15) is 9.59 Å². The molecule has 1 aromatic carbocycles. The Labute approximate surface area is 134 Å². The topological polar surface area (TPSA) is 66.9 Å². The number of rotatable bonds is 1. The van der Waals surface area contributed by atoms with Crippen molar-refractivity contribution >= 4 is 11.6 Å². The number of aryl methyl sites for hydroxylation is 1. The Bertz CT molecular complexity index is 900. The maximum absolute atomic E-state index is 13.0. The van der Waals surface area contributed by atoms with Gasteiger partial charge >= 0.3 is 0 Å². The summed E-state index contributed by atoms with van der Waals surface area (Å²) in [5.41, 5.74) is 2.71. The van der Waals surface area contributed by atoms with Gasteiger partial charge in [-0.2, -0.15) is 0 Å². The lowest BCUT2D eigenvalue weighted by molar-refractivity contribution is -0.122. The van der Waals surface area contributed by atoms with Crippen LogP contribution in [0.5, 0.6) is 0 Å². The summed E-state index contributed by atoms with van der Waals surface area (Å²) in [6.45, 7) is 3.93. The van der Waals surface area contributed by atoms with Crippen molar-refractivity contribution in [2.24, 2.45) is 12.5 Å². The first-order chi connectivity index (χ1) is 10.9. The summed E-state index contributed by atoms with van der Waals surface area (Å²) in [5, 5.41) is 6.13. The molecule has 1 unspecified atom stereocenters. The predicted octanol–water partition coefficient (Wildman–Crippen LogP) is 2.52. The van der Waals surface area contributed by atoms with Crippen molar-refractivity contribution < 1.29 is 4.79 Å². The molecule has 5 heteroatoms. The lowest BCUT2D eigenvalue weighted by atomic mass is 9.79. The number of hydrogen-bond donors (Lipinski definition) is 2. The van der Waals surface area contributed by atoms with Gasteiger partial charge in [0.15, 0.2) is 5.78 Å². The van der Waals surface area contributed by atoms with Gasteiger partial charge in [-0.1, -0.05) is 44.2 Å². The third kappa shape index (κ3) is 1.86. The van der Waals surface area contributed by atoms with E-state index in [0.29, 0.717) is 12.0 Å². The first kappa shape index (κ1) is 14.1. The summed E-state index contributed by atoms with van der Waals surface area (Å²) in [6, 6.07) is 9.79. The molecule has 0 spiro atoms. The highest BCUT2D eigenvalue weighted by molar-refractivity contribution is 6.06. The van der Waals surface area contributed by atoms with Crippen LogP contribution in [-0.2, 0) is 11.8 Å². The highest BCUT2D eigenvalue weighted by Crippen LogP contribution is 2.49. The van der Waals surface area contributed by atoms with E-state index in [2.05, 4.69) is 10.4 Å². The largest absolute Gasteiger partial charge is 0.343 e. The van der Waals surface area contributed by atoms with Crippen molar-refractivity contribution in [1.29, 1.82) is 0 Å². The minimum absolute atomic E-state index is 0.128. The number of carbonyl (C=O) groups is 1. The van der Waals surface area contributed by atoms with Gasteiger partial charge in [-0.25, -0.2) is 0 Å². The maximum Gasteiger partial charge on any atom is 0.270 e. The molecule has 23 heavy (non-hydrogen) atoms. The van der Waals surface area contributed by atoms with Crippen molar-refractivity contribution in [3.63, 3.8) is 0 Å². The molecule has 0 radical (unpaired) electrons. The van der Waals surface area contributed by atoms with Gasteiger partial charge in [0.05, 0.1) is 5.56 Å². The summed E-state index contributed by atoms with van der Waals surface area (Å²) >= 11 is 0. The summed E-state index contributed by atoms with van der Waals surface area (Å²) in [4.78, 5) is 25.4. The molecule has 1 aliphatic carbocycles. The highest BCUT2D eigenvalue weighted by Gasteiger charge is 2.47. The maximum atomic E-state index is 13.0. The number of benzene rings is 1. The lowest BCUT2D eigenvalue weighted by Crippen LogP contribution is -2.26. The van der Waals surface area contributed by atoms with Gasteiger partial charge < -0.3 is 5.32 Å². The van der Waals surface area contributed by atoms with E-state index < -0.39 is 5.41 Å². The fraction of sp³-hybridized carbons (Fsp3) is 0.333. The molecule has 1 aliphatic heterocycles. The molecule has 0 amide bonds. The van der Waals surface area contributed by atoms with Gasteiger partial charge in [-0.05, 0) is 5.56 Å². The zero-order chi connectivity index (χ0) is 16.4. The van der Waals surface area contributed by atoms with Crippen LogP contribution >= 0.6 is 0 Å². The molecule has 4 rings (SSSR count). The first-order valence-electron chi connectivity index (χ1n) is 7.79. The van der Waals surface area contributed by atoms with Crippen LogP contribution in [0.3, 0.4) is 0 Å². The Morgan fingerprint density at radius 3 is 2.57 bits per heavy atom. The molecule has 0 saturated heterocycles. The average Bonchev–Trinajstić information content (AvgIpc) is 2.92. The predicted molar refractivity (Wildman–Crippen MR) is 88.4 cm³/mol.